The Morgan fingerprint density at radius 2 is 1.33 bits per heavy atom. The van der Waals surface area contributed by atoms with Crippen LogP contribution >= 0.6 is 0 Å². The van der Waals surface area contributed by atoms with Gasteiger partial charge in [-0.05, 0) is 103 Å². The highest BCUT2D eigenvalue weighted by atomic mass is 16.5. The molecule has 6 aromatic rings. The average Bonchev–Trinajstić information content (AvgIpc) is 3.64. The summed E-state index contributed by atoms with van der Waals surface area (Å²) in [5.74, 6) is 0. The second-order valence-electron chi connectivity index (χ2n) is 14.7. The standard InChI is InChI=1S/C47H51N2O2/c1-6-47(7-2)33(3)35-24-23-34(30-39(35)43-21-12-15-27-48(43)47)49-44-22-11-9-19-37(44)40-31-38-36-18-8-10-20-41(36)46(25-13-16-28-50-4,26-14-17-29-51-5)42(38)32-45(40)49/h8-12,15,18-24,27,30-32H,3,6-7,13-14,16-17,25-26,28-29H2,1-2,4-5H3/q+1. The van der Waals surface area contributed by atoms with E-state index in [1.165, 1.54) is 72.1 Å². The minimum atomic E-state index is -0.122. The molecule has 260 valence electrons. The van der Waals surface area contributed by atoms with Crippen LogP contribution in [0.25, 0.3) is 55.5 Å². The Kier molecular flexibility index (Phi) is 8.94. The SMILES string of the molecule is C=C1c2ccc(-n3c4ccccc4c4cc5c(cc43)C(CCCCOC)(CCCCOC)c3ccccc3-5)cc2-c2cccc[n+]2C1(CC)CC. The number of para-hydroxylation sites is 1. The molecular weight excluding hydrogens is 625 g/mol. The minimum Gasteiger partial charge on any atom is -0.385 e. The third-order valence-electron chi connectivity index (χ3n) is 12.4. The lowest BCUT2D eigenvalue weighted by Gasteiger charge is -2.35. The zero-order valence-corrected chi connectivity index (χ0v) is 30.8. The Morgan fingerprint density at radius 3 is 2.08 bits per heavy atom. The van der Waals surface area contributed by atoms with Crippen molar-refractivity contribution in [1.82, 2.24) is 4.57 Å². The van der Waals surface area contributed by atoms with E-state index >= 15 is 0 Å². The molecule has 0 fully saturated rings. The van der Waals surface area contributed by atoms with Crippen molar-refractivity contribution in [3.63, 3.8) is 0 Å². The van der Waals surface area contributed by atoms with Gasteiger partial charge in [-0.3, -0.25) is 0 Å². The summed E-state index contributed by atoms with van der Waals surface area (Å²) < 4.78 is 16.0. The Balaban J connectivity index is 1.36. The third kappa shape index (κ3) is 5.13. The number of allylic oxidation sites excluding steroid dienone is 1. The summed E-state index contributed by atoms with van der Waals surface area (Å²) in [6.45, 7) is 10.9. The molecular formula is C47H51N2O2+. The summed E-state index contributed by atoms with van der Waals surface area (Å²) in [6.07, 6.45) is 10.8. The Hall–Kier alpha value is -4.51. The van der Waals surface area contributed by atoms with Gasteiger partial charge in [-0.15, -0.1) is 0 Å². The van der Waals surface area contributed by atoms with Crippen molar-refractivity contribution < 1.29 is 14.0 Å². The van der Waals surface area contributed by atoms with Gasteiger partial charge in [0.2, 0.25) is 5.69 Å². The molecule has 2 aliphatic rings. The molecule has 0 N–H and O–H groups in total. The molecule has 51 heavy (non-hydrogen) atoms. The second-order valence-corrected chi connectivity index (χ2v) is 14.7. The van der Waals surface area contributed by atoms with E-state index in [1.807, 2.05) is 14.2 Å². The number of pyridine rings is 1. The lowest BCUT2D eigenvalue weighted by molar-refractivity contribution is -0.741. The van der Waals surface area contributed by atoms with E-state index in [2.05, 4.69) is 126 Å². The summed E-state index contributed by atoms with van der Waals surface area (Å²) in [6, 6.07) is 36.9. The molecule has 4 heteroatoms. The number of ether oxygens (including phenoxy) is 2. The van der Waals surface area contributed by atoms with Crippen molar-refractivity contribution in [2.45, 2.75) is 76.2 Å². The number of methoxy groups -OCH3 is 2. The topological polar surface area (TPSA) is 27.3 Å². The molecule has 0 bridgehead atoms. The molecule has 0 radical (unpaired) electrons. The van der Waals surface area contributed by atoms with Gasteiger partial charge < -0.3 is 14.0 Å². The largest absolute Gasteiger partial charge is 0.385 e. The predicted octanol–water partition coefficient (Wildman–Crippen LogP) is 11.2. The van der Waals surface area contributed by atoms with Crippen molar-refractivity contribution >= 4 is 27.4 Å². The van der Waals surface area contributed by atoms with Gasteiger partial charge in [0.15, 0.2) is 11.7 Å². The van der Waals surface area contributed by atoms with Crippen molar-refractivity contribution in [2.24, 2.45) is 0 Å². The molecule has 0 unspecified atom stereocenters. The van der Waals surface area contributed by atoms with Crippen LogP contribution < -0.4 is 4.57 Å². The number of benzene rings is 4. The summed E-state index contributed by atoms with van der Waals surface area (Å²) in [5.41, 5.74) is 14.2. The number of rotatable bonds is 13. The number of unbranched alkanes of at least 4 members (excludes halogenated alkanes) is 2. The third-order valence-corrected chi connectivity index (χ3v) is 12.4. The molecule has 4 aromatic carbocycles. The first-order valence-corrected chi connectivity index (χ1v) is 19.0. The molecule has 0 saturated carbocycles. The van der Waals surface area contributed by atoms with Gasteiger partial charge in [-0.1, -0.05) is 69.0 Å². The van der Waals surface area contributed by atoms with Crippen LogP contribution in [0.1, 0.15) is 81.9 Å². The van der Waals surface area contributed by atoms with E-state index in [4.69, 9.17) is 16.1 Å². The predicted molar refractivity (Wildman–Crippen MR) is 212 cm³/mol. The van der Waals surface area contributed by atoms with Crippen LogP contribution in [0.15, 0.2) is 110 Å². The average molecular weight is 676 g/mol. The van der Waals surface area contributed by atoms with E-state index in [0.29, 0.717) is 0 Å². The highest BCUT2D eigenvalue weighted by Gasteiger charge is 2.47. The molecule has 2 aromatic heterocycles. The van der Waals surface area contributed by atoms with Crippen LogP contribution in [0.2, 0.25) is 0 Å². The maximum Gasteiger partial charge on any atom is 0.213 e. The van der Waals surface area contributed by atoms with Gasteiger partial charge in [-0.25, -0.2) is 0 Å². The number of nitrogens with zero attached hydrogens (tertiary/aromatic N) is 2. The number of hydrogen-bond donors (Lipinski definition) is 0. The fourth-order valence-electron chi connectivity index (χ4n) is 9.80. The lowest BCUT2D eigenvalue weighted by Crippen LogP contribution is -2.59. The lowest BCUT2D eigenvalue weighted by atomic mass is 9.70. The summed E-state index contributed by atoms with van der Waals surface area (Å²) in [5, 5.41) is 2.60. The van der Waals surface area contributed by atoms with Gasteiger partial charge in [0.25, 0.3) is 0 Å². The van der Waals surface area contributed by atoms with Gasteiger partial charge in [0.1, 0.15) is 0 Å². The van der Waals surface area contributed by atoms with Crippen LogP contribution in [-0.4, -0.2) is 32.0 Å². The van der Waals surface area contributed by atoms with Gasteiger partial charge in [0, 0.05) is 79.9 Å². The van der Waals surface area contributed by atoms with E-state index in [1.54, 1.807) is 0 Å². The van der Waals surface area contributed by atoms with E-state index in [0.717, 1.165) is 64.6 Å². The van der Waals surface area contributed by atoms with Gasteiger partial charge in [-0.2, -0.15) is 4.57 Å². The molecule has 0 amide bonds. The summed E-state index contributed by atoms with van der Waals surface area (Å²) in [7, 11) is 3.63. The fourth-order valence-corrected chi connectivity index (χ4v) is 9.80. The summed E-state index contributed by atoms with van der Waals surface area (Å²) in [4.78, 5) is 0. The zero-order valence-electron chi connectivity index (χ0n) is 30.8. The first-order chi connectivity index (χ1) is 25.0. The fraction of sp³-hybridized carbons (Fsp3) is 0.340. The number of fused-ring (bicyclic) bond motifs is 9. The van der Waals surface area contributed by atoms with Crippen LogP contribution in [0.4, 0.5) is 0 Å². The molecule has 0 saturated heterocycles. The van der Waals surface area contributed by atoms with E-state index in [9.17, 15) is 0 Å². The highest BCUT2D eigenvalue weighted by molar-refractivity contribution is 6.11. The van der Waals surface area contributed by atoms with E-state index < -0.39 is 0 Å². The molecule has 0 atom stereocenters. The molecule has 3 heterocycles. The first kappa shape index (κ1) is 33.6. The molecule has 1 aliphatic heterocycles. The summed E-state index contributed by atoms with van der Waals surface area (Å²) >= 11 is 0. The molecule has 4 nitrogen and oxygen atoms in total. The quantitative estimate of drug-likeness (QED) is 0.0900. The first-order valence-electron chi connectivity index (χ1n) is 19.0. The maximum atomic E-state index is 5.51. The van der Waals surface area contributed by atoms with Crippen molar-refractivity contribution in [3.8, 4) is 28.1 Å². The molecule has 1 aliphatic carbocycles. The maximum absolute atomic E-state index is 5.51. The van der Waals surface area contributed by atoms with Gasteiger partial charge in [0.05, 0.1) is 16.6 Å². The van der Waals surface area contributed by atoms with Crippen LogP contribution in [-0.2, 0) is 20.4 Å². The molecule has 0 spiro atoms. The van der Waals surface area contributed by atoms with Crippen molar-refractivity contribution in [1.29, 1.82) is 0 Å². The van der Waals surface area contributed by atoms with E-state index in [-0.39, 0.29) is 11.0 Å². The van der Waals surface area contributed by atoms with Crippen LogP contribution in [0.5, 0.6) is 0 Å². The number of hydrogen-bond acceptors (Lipinski definition) is 2. The van der Waals surface area contributed by atoms with Gasteiger partial charge >= 0.3 is 0 Å². The normalized spacial score (nSPS) is 15.2. The highest BCUT2D eigenvalue weighted by Crippen LogP contribution is 2.56. The Labute approximate surface area is 303 Å². The van der Waals surface area contributed by atoms with Crippen LogP contribution in [0, 0.1) is 0 Å². The zero-order chi connectivity index (χ0) is 35.2. The van der Waals surface area contributed by atoms with Crippen molar-refractivity contribution in [2.75, 3.05) is 27.4 Å². The Morgan fingerprint density at radius 1 is 0.627 bits per heavy atom. The Bertz CT molecular complexity index is 2240. The minimum absolute atomic E-state index is 0.0598. The monoisotopic (exact) mass is 675 g/mol. The molecule has 8 rings (SSSR count). The number of aromatic nitrogens is 2. The van der Waals surface area contributed by atoms with Crippen LogP contribution in [0.3, 0.4) is 0 Å². The smallest absolute Gasteiger partial charge is 0.213 e. The van der Waals surface area contributed by atoms with Crippen molar-refractivity contribution in [3.05, 3.63) is 127 Å². The second kappa shape index (κ2) is 13.6.